The Morgan fingerprint density at radius 1 is 0.958 bits per heavy atom. The van der Waals surface area contributed by atoms with E-state index in [4.69, 9.17) is 4.74 Å². The average Bonchev–Trinajstić information content (AvgIpc) is 2.91. The fraction of sp³-hybridized carbons (Fsp3) is 0.0526. The number of esters is 1. The van der Waals surface area contributed by atoms with E-state index < -0.39 is 5.97 Å². The van der Waals surface area contributed by atoms with Gasteiger partial charge >= 0.3 is 10.8 Å². The lowest BCUT2D eigenvalue weighted by molar-refractivity contribution is -0.134. The molecule has 3 aromatic carbocycles. The van der Waals surface area contributed by atoms with E-state index in [0.717, 1.165) is 32.3 Å². The Bertz CT molecular complexity index is 1100. The molecule has 1 aromatic heterocycles. The maximum atomic E-state index is 12.3. The van der Waals surface area contributed by atoms with E-state index in [1.807, 2.05) is 60.7 Å². The van der Waals surface area contributed by atoms with Crippen molar-refractivity contribution in [2.75, 3.05) is 0 Å². The van der Waals surface area contributed by atoms with Crippen molar-refractivity contribution in [1.82, 2.24) is 4.57 Å². The topological polar surface area (TPSA) is 48.3 Å². The van der Waals surface area contributed by atoms with Crippen molar-refractivity contribution in [1.29, 1.82) is 0 Å². The third kappa shape index (κ3) is 2.59. The van der Waals surface area contributed by atoms with E-state index in [-0.39, 0.29) is 11.4 Å². The third-order valence-corrected chi connectivity index (χ3v) is 4.79. The summed E-state index contributed by atoms with van der Waals surface area (Å²) in [5.74, 6) is 0.0442. The smallest absolute Gasteiger partial charge is 0.331 e. The Balaban J connectivity index is 1.65. The van der Waals surface area contributed by atoms with Crippen LogP contribution in [0.25, 0.3) is 21.0 Å². The van der Waals surface area contributed by atoms with Crippen molar-refractivity contribution < 1.29 is 9.53 Å². The first kappa shape index (κ1) is 14.7. The summed E-state index contributed by atoms with van der Waals surface area (Å²) in [6.45, 7) is -0.105. The number of thiazole rings is 1. The number of ether oxygens (including phenoxy) is 1. The second-order valence-electron chi connectivity index (χ2n) is 5.37. The van der Waals surface area contributed by atoms with Gasteiger partial charge < -0.3 is 4.74 Å². The lowest BCUT2D eigenvalue weighted by atomic mass is 10.1. The van der Waals surface area contributed by atoms with Crippen molar-refractivity contribution in [3.8, 4) is 5.75 Å². The number of fused-ring (bicyclic) bond motifs is 2. The molecule has 0 saturated heterocycles. The fourth-order valence-electron chi connectivity index (χ4n) is 2.73. The van der Waals surface area contributed by atoms with E-state index in [0.29, 0.717) is 5.75 Å². The lowest BCUT2D eigenvalue weighted by Crippen LogP contribution is -2.22. The summed E-state index contributed by atoms with van der Waals surface area (Å²) < 4.78 is 7.82. The molecule has 0 amide bonds. The zero-order chi connectivity index (χ0) is 16.5. The molecule has 0 unspecified atom stereocenters. The third-order valence-electron chi connectivity index (χ3n) is 3.83. The summed E-state index contributed by atoms with van der Waals surface area (Å²) in [5, 5.41) is 1.87. The van der Waals surface area contributed by atoms with Crippen LogP contribution in [0.2, 0.25) is 0 Å². The number of hydrogen-bond donors (Lipinski definition) is 0. The van der Waals surface area contributed by atoms with E-state index in [2.05, 4.69) is 0 Å². The highest BCUT2D eigenvalue weighted by Crippen LogP contribution is 2.25. The van der Waals surface area contributed by atoms with Crippen LogP contribution < -0.4 is 9.61 Å². The molecular formula is C19H13NO3S. The van der Waals surface area contributed by atoms with Gasteiger partial charge in [-0.15, -0.1) is 0 Å². The zero-order valence-electron chi connectivity index (χ0n) is 12.6. The number of benzene rings is 3. The van der Waals surface area contributed by atoms with Crippen molar-refractivity contribution in [3.05, 3.63) is 76.4 Å². The molecule has 0 N–H and O–H groups in total. The van der Waals surface area contributed by atoms with Crippen LogP contribution in [0.3, 0.4) is 0 Å². The quantitative estimate of drug-likeness (QED) is 0.422. The minimum absolute atomic E-state index is 0.105. The minimum atomic E-state index is -0.461. The van der Waals surface area contributed by atoms with E-state index >= 15 is 0 Å². The maximum absolute atomic E-state index is 12.3. The van der Waals surface area contributed by atoms with Gasteiger partial charge in [-0.2, -0.15) is 0 Å². The standard InChI is InChI=1S/C19H13NO3S/c21-18(12-20-15-9-3-4-11-17(15)24-19(20)22)23-16-10-5-7-13-6-1-2-8-14(13)16/h1-11H,12H2. The number of hydrogen-bond acceptors (Lipinski definition) is 4. The Hall–Kier alpha value is -2.92. The Kier molecular flexibility index (Phi) is 3.63. The van der Waals surface area contributed by atoms with Gasteiger partial charge in [0, 0.05) is 5.39 Å². The summed E-state index contributed by atoms with van der Waals surface area (Å²) in [6, 6.07) is 20.7. The van der Waals surface area contributed by atoms with Crippen molar-refractivity contribution >= 4 is 38.3 Å². The Labute approximate surface area is 141 Å². The summed E-state index contributed by atoms with van der Waals surface area (Å²) >= 11 is 1.13. The summed E-state index contributed by atoms with van der Waals surface area (Å²) in [6.07, 6.45) is 0. The second kappa shape index (κ2) is 5.94. The highest BCUT2D eigenvalue weighted by atomic mass is 32.1. The Morgan fingerprint density at radius 3 is 2.62 bits per heavy atom. The highest BCUT2D eigenvalue weighted by Gasteiger charge is 2.13. The van der Waals surface area contributed by atoms with Gasteiger partial charge in [0.2, 0.25) is 0 Å². The normalized spacial score (nSPS) is 11.0. The molecule has 0 saturated carbocycles. The van der Waals surface area contributed by atoms with E-state index in [9.17, 15) is 9.59 Å². The van der Waals surface area contributed by atoms with Gasteiger partial charge in [-0.05, 0) is 23.6 Å². The molecule has 0 spiro atoms. The molecule has 0 bridgehead atoms. The van der Waals surface area contributed by atoms with Crippen LogP contribution >= 0.6 is 11.3 Å². The zero-order valence-corrected chi connectivity index (χ0v) is 13.5. The first-order valence-electron chi connectivity index (χ1n) is 7.49. The predicted molar refractivity (Wildman–Crippen MR) is 95.7 cm³/mol. The van der Waals surface area contributed by atoms with Crippen LogP contribution in [0, 0.1) is 0 Å². The summed E-state index contributed by atoms with van der Waals surface area (Å²) in [5.41, 5.74) is 0.752. The van der Waals surface area contributed by atoms with Gasteiger partial charge in [-0.25, -0.2) is 4.79 Å². The SMILES string of the molecule is O=C(Cn1c(=O)sc2ccccc21)Oc1cccc2ccccc12. The molecule has 0 atom stereocenters. The van der Waals surface area contributed by atoms with Crippen LogP contribution in [0.15, 0.2) is 71.5 Å². The molecule has 1 heterocycles. The molecule has 0 fully saturated rings. The van der Waals surface area contributed by atoms with Crippen molar-refractivity contribution in [2.24, 2.45) is 0 Å². The van der Waals surface area contributed by atoms with Crippen LogP contribution in [-0.4, -0.2) is 10.5 Å². The minimum Gasteiger partial charge on any atom is -0.425 e. The number of nitrogens with zero attached hydrogens (tertiary/aromatic N) is 1. The van der Waals surface area contributed by atoms with E-state index in [1.165, 1.54) is 4.57 Å². The number of para-hydroxylation sites is 1. The number of rotatable bonds is 3. The van der Waals surface area contributed by atoms with Crippen LogP contribution in [0.4, 0.5) is 0 Å². The highest BCUT2D eigenvalue weighted by molar-refractivity contribution is 7.16. The first-order valence-corrected chi connectivity index (χ1v) is 8.31. The summed E-state index contributed by atoms with van der Waals surface area (Å²) in [4.78, 5) is 24.3. The fourth-order valence-corrected chi connectivity index (χ4v) is 3.62. The monoisotopic (exact) mass is 335 g/mol. The van der Waals surface area contributed by atoms with Crippen LogP contribution in [0.5, 0.6) is 5.75 Å². The van der Waals surface area contributed by atoms with Gasteiger partial charge in [0.1, 0.15) is 12.3 Å². The molecule has 0 aliphatic heterocycles. The summed E-state index contributed by atoms with van der Waals surface area (Å²) in [7, 11) is 0. The number of carbonyl (C=O) groups is 1. The molecule has 5 heteroatoms. The molecule has 0 aliphatic rings. The van der Waals surface area contributed by atoms with Crippen molar-refractivity contribution in [3.63, 3.8) is 0 Å². The lowest BCUT2D eigenvalue weighted by Gasteiger charge is -2.08. The molecule has 118 valence electrons. The largest absolute Gasteiger partial charge is 0.425 e. The van der Waals surface area contributed by atoms with Gasteiger partial charge in [0.05, 0.1) is 10.2 Å². The number of carbonyl (C=O) groups excluding carboxylic acids is 1. The van der Waals surface area contributed by atoms with Crippen molar-refractivity contribution in [2.45, 2.75) is 6.54 Å². The predicted octanol–water partition coefficient (Wildman–Crippen LogP) is 3.82. The number of aromatic nitrogens is 1. The maximum Gasteiger partial charge on any atom is 0.331 e. The van der Waals surface area contributed by atoms with Crippen LogP contribution in [0.1, 0.15) is 0 Å². The second-order valence-corrected chi connectivity index (χ2v) is 6.37. The van der Waals surface area contributed by atoms with Crippen LogP contribution in [-0.2, 0) is 11.3 Å². The van der Waals surface area contributed by atoms with E-state index in [1.54, 1.807) is 6.07 Å². The average molecular weight is 335 g/mol. The molecule has 4 aromatic rings. The first-order chi connectivity index (χ1) is 11.7. The molecular weight excluding hydrogens is 322 g/mol. The molecule has 4 nitrogen and oxygen atoms in total. The van der Waals surface area contributed by atoms with Gasteiger partial charge in [-0.1, -0.05) is 59.9 Å². The van der Waals surface area contributed by atoms with Gasteiger partial charge in [0.15, 0.2) is 0 Å². The van der Waals surface area contributed by atoms with Gasteiger partial charge in [-0.3, -0.25) is 9.36 Å². The molecule has 0 radical (unpaired) electrons. The van der Waals surface area contributed by atoms with Gasteiger partial charge in [0.25, 0.3) is 0 Å². The Morgan fingerprint density at radius 2 is 1.71 bits per heavy atom. The molecule has 24 heavy (non-hydrogen) atoms. The molecule has 4 rings (SSSR count). The molecule has 0 aliphatic carbocycles.